The predicted molar refractivity (Wildman–Crippen MR) is 63.3 cm³/mol. The molecular formula is C11H14FNO4S. The van der Waals surface area contributed by atoms with Crippen LogP contribution in [0.5, 0.6) is 0 Å². The molecule has 0 spiro atoms. The van der Waals surface area contributed by atoms with Crippen LogP contribution in [-0.4, -0.2) is 25.7 Å². The number of hydrogen-bond donors (Lipinski definition) is 2. The molecule has 0 radical (unpaired) electrons. The van der Waals surface area contributed by atoms with Gasteiger partial charge in [-0.3, -0.25) is 4.79 Å². The van der Waals surface area contributed by atoms with Gasteiger partial charge in [-0.05, 0) is 12.5 Å². The standard InChI is InChI=1S/C11H14FNO4S/c1-18(16,17)9-4-2-3-7(11(9)12)8(13)5-6-10(14)15/h2-4,8H,5-6,13H2,1H3,(H,14,15). The molecular weight excluding hydrogens is 261 g/mol. The molecule has 0 aliphatic rings. The van der Waals surface area contributed by atoms with Crippen LogP contribution in [0.3, 0.4) is 0 Å². The molecule has 0 fully saturated rings. The van der Waals surface area contributed by atoms with Crippen molar-refractivity contribution in [3.63, 3.8) is 0 Å². The van der Waals surface area contributed by atoms with E-state index in [2.05, 4.69) is 0 Å². The second kappa shape index (κ2) is 5.45. The number of aliphatic carboxylic acids is 1. The highest BCUT2D eigenvalue weighted by atomic mass is 32.2. The van der Waals surface area contributed by atoms with Gasteiger partial charge in [-0.1, -0.05) is 12.1 Å². The number of sulfone groups is 1. The fourth-order valence-corrected chi connectivity index (χ4v) is 2.30. The molecule has 7 heteroatoms. The molecule has 5 nitrogen and oxygen atoms in total. The van der Waals surface area contributed by atoms with E-state index < -0.39 is 32.6 Å². The topological polar surface area (TPSA) is 97.5 Å². The van der Waals surface area contributed by atoms with E-state index in [9.17, 15) is 17.6 Å². The van der Waals surface area contributed by atoms with Gasteiger partial charge in [0.25, 0.3) is 0 Å². The molecule has 3 N–H and O–H groups in total. The van der Waals surface area contributed by atoms with E-state index in [0.717, 1.165) is 12.3 Å². The van der Waals surface area contributed by atoms with Crippen LogP contribution in [0.2, 0.25) is 0 Å². The van der Waals surface area contributed by atoms with Crippen LogP contribution < -0.4 is 5.73 Å². The van der Waals surface area contributed by atoms with Gasteiger partial charge in [-0.25, -0.2) is 12.8 Å². The van der Waals surface area contributed by atoms with E-state index in [1.165, 1.54) is 12.1 Å². The van der Waals surface area contributed by atoms with Crippen LogP contribution in [0.1, 0.15) is 24.4 Å². The molecule has 100 valence electrons. The maximum Gasteiger partial charge on any atom is 0.303 e. The summed E-state index contributed by atoms with van der Waals surface area (Å²) in [4.78, 5) is 9.98. The van der Waals surface area contributed by atoms with E-state index in [1.807, 2.05) is 0 Å². The summed E-state index contributed by atoms with van der Waals surface area (Å²) in [5.41, 5.74) is 5.67. The first-order chi connectivity index (χ1) is 8.23. The number of nitrogens with two attached hydrogens (primary N) is 1. The summed E-state index contributed by atoms with van der Waals surface area (Å²) in [5.74, 6) is -1.94. The van der Waals surface area contributed by atoms with Gasteiger partial charge >= 0.3 is 5.97 Å². The van der Waals surface area contributed by atoms with Crippen LogP contribution in [0.15, 0.2) is 23.1 Å². The molecule has 1 aromatic rings. The molecule has 1 aromatic carbocycles. The Morgan fingerprint density at radius 3 is 2.61 bits per heavy atom. The first kappa shape index (κ1) is 14.6. The second-order valence-corrected chi connectivity index (χ2v) is 5.95. The zero-order valence-electron chi connectivity index (χ0n) is 9.76. The predicted octanol–water partition coefficient (Wildman–Crippen LogP) is 1.09. The van der Waals surface area contributed by atoms with Crippen LogP contribution in [0, 0.1) is 5.82 Å². The summed E-state index contributed by atoms with van der Waals surface area (Å²) in [6, 6.07) is 3.05. The third-order valence-corrected chi connectivity index (χ3v) is 3.58. The molecule has 1 atom stereocenters. The van der Waals surface area contributed by atoms with Gasteiger partial charge in [0.1, 0.15) is 10.7 Å². The van der Waals surface area contributed by atoms with Crippen LogP contribution in [0.25, 0.3) is 0 Å². The Labute approximate surface area is 104 Å². The highest BCUT2D eigenvalue weighted by Gasteiger charge is 2.20. The van der Waals surface area contributed by atoms with Crippen molar-refractivity contribution < 1.29 is 22.7 Å². The zero-order valence-corrected chi connectivity index (χ0v) is 10.6. The average Bonchev–Trinajstić information content (AvgIpc) is 2.24. The summed E-state index contributed by atoms with van der Waals surface area (Å²) in [6.07, 6.45) is 0.737. The van der Waals surface area contributed by atoms with Crippen molar-refractivity contribution in [3.8, 4) is 0 Å². The van der Waals surface area contributed by atoms with Crippen LogP contribution >= 0.6 is 0 Å². The summed E-state index contributed by atoms with van der Waals surface area (Å²) in [7, 11) is -3.67. The van der Waals surface area contributed by atoms with Crippen LogP contribution in [-0.2, 0) is 14.6 Å². The second-order valence-electron chi connectivity index (χ2n) is 3.97. The number of hydrogen-bond acceptors (Lipinski definition) is 4. The molecule has 0 aromatic heterocycles. The summed E-state index contributed by atoms with van der Waals surface area (Å²) in [5, 5.41) is 8.52. The average molecular weight is 275 g/mol. The van der Waals surface area contributed by atoms with Crippen LogP contribution in [0.4, 0.5) is 4.39 Å². The lowest BCUT2D eigenvalue weighted by atomic mass is 10.0. The van der Waals surface area contributed by atoms with Crippen molar-refractivity contribution >= 4 is 15.8 Å². The summed E-state index contributed by atoms with van der Waals surface area (Å²) >= 11 is 0. The molecule has 1 unspecified atom stereocenters. The Bertz CT molecular complexity index is 556. The molecule has 0 saturated carbocycles. The number of benzene rings is 1. The van der Waals surface area contributed by atoms with Gasteiger partial charge in [-0.2, -0.15) is 0 Å². The minimum absolute atomic E-state index is 0.0131. The van der Waals surface area contributed by atoms with Gasteiger partial charge in [0, 0.05) is 24.3 Å². The van der Waals surface area contributed by atoms with E-state index >= 15 is 0 Å². The van der Waals surface area contributed by atoms with Gasteiger partial charge in [0.15, 0.2) is 9.84 Å². The minimum Gasteiger partial charge on any atom is -0.481 e. The number of carboxylic acid groups (broad SMARTS) is 1. The molecule has 1 rings (SSSR count). The van der Waals surface area contributed by atoms with E-state index in [1.54, 1.807) is 0 Å². The number of carbonyl (C=O) groups is 1. The minimum atomic E-state index is -3.67. The largest absolute Gasteiger partial charge is 0.481 e. The number of rotatable bonds is 5. The Kier molecular flexibility index (Phi) is 4.42. The summed E-state index contributed by atoms with van der Waals surface area (Å²) in [6.45, 7) is 0. The molecule has 0 aliphatic heterocycles. The van der Waals surface area contributed by atoms with Crippen molar-refractivity contribution in [2.45, 2.75) is 23.8 Å². The van der Waals surface area contributed by atoms with Gasteiger partial charge < -0.3 is 10.8 Å². The van der Waals surface area contributed by atoms with Gasteiger partial charge in [0.05, 0.1) is 0 Å². The van der Waals surface area contributed by atoms with Crippen molar-refractivity contribution in [2.24, 2.45) is 5.73 Å². The van der Waals surface area contributed by atoms with E-state index in [-0.39, 0.29) is 18.4 Å². The Morgan fingerprint density at radius 1 is 1.50 bits per heavy atom. The first-order valence-electron chi connectivity index (χ1n) is 5.19. The van der Waals surface area contributed by atoms with Crippen molar-refractivity contribution in [1.29, 1.82) is 0 Å². The summed E-state index contributed by atoms with van der Waals surface area (Å²) < 4.78 is 36.6. The van der Waals surface area contributed by atoms with E-state index in [0.29, 0.717) is 0 Å². The molecule has 0 aliphatic carbocycles. The Balaban J connectivity index is 3.08. The monoisotopic (exact) mass is 275 g/mol. The lowest BCUT2D eigenvalue weighted by Gasteiger charge is -2.13. The van der Waals surface area contributed by atoms with E-state index in [4.69, 9.17) is 10.8 Å². The maximum absolute atomic E-state index is 13.9. The smallest absolute Gasteiger partial charge is 0.303 e. The lowest BCUT2D eigenvalue weighted by Crippen LogP contribution is -2.15. The Morgan fingerprint density at radius 2 is 2.11 bits per heavy atom. The van der Waals surface area contributed by atoms with Gasteiger partial charge in [0.2, 0.25) is 0 Å². The quantitative estimate of drug-likeness (QED) is 0.838. The highest BCUT2D eigenvalue weighted by molar-refractivity contribution is 7.90. The lowest BCUT2D eigenvalue weighted by molar-refractivity contribution is -0.137. The fourth-order valence-electron chi connectivity index (χ4n) is 1.53. The normalized spacial score (nSPS) is 13.3. The molecule has 0 bridgehead atoms. The molecule has 0 saturated heterocycles. The number of carboxylic acids is 1. The van der Waals surface area contributed by atoms with Crippen molar-refractivity contribution in [1.82, 2.24) is 0 Å². The van der Waals surface area contributed by atoms with Gasteiger partial charge in [-0.15, -0.1) is 0 Å². The maximum atomic E-state index is 13.9. The molecule has 0 heterocycles. The third-order valence-electron chi connectivity index (χ3n) is 2.46. The SMILES string of the molecule is CS(=O)(=O)c1cccc(C(N)CCC(=O)O)c1F. The Hall–Kier alpha value is -1.47. The molecule has 0 amide bonds. The van der Waals surface area contributed by atoms with Crippen molar-refractivity contribution in [2.75, 3.05) is 6.26 Å². The zero-order chi connectivity index (χ0) is 13.9. The first-order valence-corrected chi connectivity index (χ1v) is 7.08. The molecule has 18 heavy (non-hydrogen) atoms. The third kappa shape index (κ3) is 3.51. The number of halogens is 1. The highest BCUT2D eigenvalue weighted by Crippen LogP contribution is 2.24. The van der Waals surface area contributed by atoms with Crippen molar-refractivity contribution in [3.05, 3.63) is 29.6 Å². The fraction of sp³-hybridized carbons (Fsp3) is 0.364.